The van der Waals surface area contributed by atoms with Crippen LogP contribution in [0.5, 0.6) is 0 Å². The predicted octanol–water partition coefficient (Wildman–Crippen LogP) is 3.35. The van der Waals surface area contributed by atoms with Gasteiger partial charge in [-0.1, -0.05) is 23.7 Å². The summed E-state index contributed by atoms with van der Waals surface area (Å²) < 4.78 is 22.5. The zero-order valence-corrected chi connectivity index (χ0v) is 16.0. The molecule has 0 heterocycles. The Morgan fingerprint density at radius 3 is 2.32 bits per heavy atom. The predicted molar refractivity (Wildman–Crippen MR) is 101 cm³/mol. The van der Waals surface area contributed by atoms with E-state index in [1.807, 2.05) is 31.2 Å². The highest BCUT2D eigenvalue weighted by atomic mass is 35.5. The second-order valence-corrected chi connectivity index (χ2v) is 8.62. The second kappa shape index (κ2) is 8.71. The lowest BCUT2D eigenvalue weighted by molar-refractivity contribution is -0.121. The molecule has 2 aromatic carbocycles. The summed E-state index contributed by atoms with van der Waals surface area (Å²) >= 11 is 7.42. The number of hydrogen-bond acceptors (Lipinski definition) is 4. The normalized spacial score (nSPS) is 12.6. The molecule has 0 aliphatic heterocycles. The van der Waals surface area contributed by atoms with E-state index in [0.29, 0.717) is 17.2 Å². The van der Waals surface area contributed by atoms with Crippen LogP contribution in [0.4, 0.5) is 0 Å². The standard InChI is InChI=1S/C17H19ClN2O3S2/c1-12(13-2-8-16(9-3-13)25(19,22)23)20-17(21)10-11-24-15-6-4-14(18)5-7-15/h2-9,12H,10-11H2,1H3,(H,20,21)(H2,19,22,23). The first kappa shape index (κ1) is 19.8. The van der Waals surface area contributed by atoms with Crippen molar-refractivity contribution in [3.63, 3.8) is 0 Å². The number of nitrogens with one attached hydrogen (secondary N) is 1. The summed E-state index contributed by atoms with van der Waals surface area (Å²) in [5.41, 5.74) is 0.811. The molecule has 0 saturated heterocycles. The first-order chi connectivity index (χ1) is 11.8. The maximum absolute atomic E-state index is 12.0. The fourth-order valence-corrected chi connectivity index (χ4v) is 3.63. The van der Waals surface area contributed by atoms with Gasteiger partial charge >= 0.3 is 0 Å². The second-order valence-electron chi connectivity index (χ2n) is 5.46. The summed E-state index contributed by atoms with van der Waals surface area (Å²) in [7, 11) is -3.71. The molecule has 134 valence electrons. The zero-order chi connectivity index (χ0) is 18.4. The van der Waals surface area contributed by atoms with Crippen LogP contribution < -0.4 is 10.5 Å². The minimum Gasteiger partial charge on any atom is -0.350 e. The minimum absolute atomic E-state index is 0.0501. The SMILES string of the molecule is CC(NC(=O)CCSc1ccc(Cl)cc1)c1ccc(S(N)(=O)=O)cc1. The van der Waals surface area contributed by atoms with Gasteiger partial charge in [0.1, 0.15) is 0 Å². The molecule has 8 heteroatoms. The highest BCUT2D eigenvalue weighted by molar-refractivity contribution is 7.99. The smallest absolute Gasteiger partial charge is 0.238 e. The van der Waals surface area contributed by atoms with Crippen molar-refractivity contribution in [1.82, 2.24) is 5.32 Å². The molecule has 0 spiro atoms. The van der Waals surface area contributed by atoms with Crippen molar-refractivity contribution in [1.29, 1.82) is 0 Å². The maximum Gasteiger partial charge on any atom is 0.238 e. The highest BCUT2D eigenvalue weighted by Crippen LogP contribution is 2.21. The number of hydrogen-bond donors (Lipinski definition) is 2. The molecule has 3 N–H and O–H groups in total. The molecule has 0 aromatic heterocycles. The van der Waals surface area contributed by atoms with Gasteiger partial charge in [0.2, 0.25) is 15.9 Å². The molecule has 0 aliphatic rings. The first-order valence-corrected chi connectivity index (χ1v) is 10.5. The quantitative estimate of drug-likeness (QED) is 0.700. The van der Waals surface area contributed by atoms with Gasteiger partial charge in [0.05, 0.1) is 10.9 Å². The van der Waals surface area contributed by atoms with Gasteiger partial charge < -0.3 is 5.32 Å². The number of carbonyl (C=O) groups excluding carboxylic acids is 1. The largest absolute Gasteiger partial charge is 0.350 e. The van der Waals surface area contributed by atoms with E-state index in [1.54, 1.807) is 23.9 Å². The van der Waals surface area contributed by atoms with Crippen molar-refractivity contribution >= 4 is 39.3 Å². The molecule has 1 unspecified atom stereocenters. The van der Waals surface area contributed by atoms with Crippen molar-refractivity contribution in [3.05, 3.63) is 59.1 Å². The summed E-state index contributed by atoms with van der Waals surface area (Å²) in [5, 5.41) is 8.65. The molecule has 5 nitrogen and oxygen atoms in total. The molecule has 0 bridgehead atoms. The van der Waals surface area contributed by atoms with Gasteiger partial charge in [0.25, 0.3) is 0 Å². The van der Waals surface area contributed by atoms with Crippen molar-refractivity contribution in [3.8, 4) is 0 Å². The lowest BCUT2D eigenvalue weighted by atomic mass is 10.1. The number of primary sulfonamides is 1. The number of benzene rings is 2. The number of nitrogens with two attached hydrogens (primary N) is 1. The minimum atomic E-state index is -3.71. The Hall–Kier alpha value is -1.54. The summed E-state index contributed by atoms with van der Waals surface area (Å²) in [4.78, 5) is 13.1. The van der Waals surface area contributed by atoms with Crippen LogP contribution in [0, 0.1) is 0 Å². The average Bonchev–Trinajstić information content (AvgIpc) is 2.56. The highest BCUT2D eigenvalue weighted by Gasteiger charge is 2.12. The Bertz CT molecular complexity index is 822. The van der Waals surface area contributed by atoms with E-state index < -0.39 is 10.0 Å². The molecular weight excluding hydrogens is 380 g/mol. The lowest BCUT2D eigenvalue weighted by Crippen LogP contribution is -2.26. The van der Waals surface area contributed by atoms with Gasteiger partial charge in [0.15, 0.2) is 0 Å². The fourth-order valence-electron chi connectivity index (χ4n) is 2.14. The number of amides is 1. The van der Waals surface area contributed by atoms with Crippen LogP contribution in [-0.4, -0.2) is 20.1 Å². The van der Waals surface area contributed by atoms with Crippen molar-refractivity contribution < 1.29 is 13.2 Å². The third-order valence-corrected chi connectivity index (χ3v) is 5.69. The Morgan fingerprint density at radius 2 is 1.76 bits per heavy atom. The van der Waals surface area contributed by atoms with Crippen LogP contribution >= 0.6 is 23.4 Å². The van der Waals surface area contributed by atoms with Gasteiger partial charge in [-0.2, -0.15) is 0 Å². The van der Waals surface area contributed by atoms with E-state index in [4.69, 9.17) is 16.7 Å². The maximum atomic E-state index is 12.0. The van der Waals surface area contributed by atoms with E-state index in [1.165, 1.54) is 12.1 Å². The zero-order valence-electron chi connectivity index (χ0n) is 13.6. The Morgan fingerprint density at radius 1 is 1.16 bits per heavy atom. The van der Waals surface area contributed by atoms with E-state index in [2.05, 4.69) is 5.32 Å². The van der Waals surface area contributed by atoms with Crippen molar-refractivity contribution in [2.75, 3.05) is 5.75 Å². The van der Waals surface area contributed by atoms with E-state index in [9.17, 15) is 13.2 Å². The van der Waals surface area contributed by atoms with Crippen LogP contribution in [0.3, 0.4) is 0 Å². The van der Waals surface area contributed by atoms with E-state index >= 15 is 0 Å². The molecule has 0 saturated carbocycles. The lowest BCUT2D eigenvalue weighted by Gasteiger charge is -2.14. The third-order valence-electron chi connectivity index (χ3n) is 3.50. The molecule has 25 heavy (non-hydrogen) atoms. The monoisotopic (exact) mass is 398 g/mol. The molecule has 2 aromatic rings. The number of thioether (sulfide) groups is 1. The van der Waals surface area contributed by atoms with Crippen LogP contribution in [-0.2, 0) is 14.8 Å². The van der Waals surface area contributed by atoms with Crippen LogP contribution in [0.25, 0.3) is 0 Å². The number of carbonyl (C=O) groups is 1. The number of rotatable bonds is 7. The molecule has 0 radical (unpaired) electrons. The summed E-state index contributed by atoms with van der Waals surface area (Å²) in [6.07, 6.45) is 0.382. The fraction of sp³-hybridized carbons (Fsp3) is 0.235. The van der Waals surface area contributed by atoms with Gasteiger partial charge in [-0.05, 0) is 48.9 Å². The van der Waals surface area contributed by atoms with Crippen molar-refractivity contribution in [2.24, 2.45) is 5.14 Å². The molecule has 2 rings (SSSR count). The van der Waals surface area contributed by atoms with Gasteiger partial charge in [-0.15, -0.1) is 11.8 Å². The summed E-state index contributed by atoms with van der Waals surface area (Å²) in [5.74, 6) is 0.592. The number of sulfonamides is 1. The molecule has 1 atom stereocenters. The van der Waals surface area contributed by atoms with Crippen molar-refractivity contribution in [2.45, 2.75) is 29.2 Å². The van der Waals surface area contributed by atoms with Gasteiger partial charge in [-0.3, -0.25) is 4.79 Å². The van der Waals surface area contributed by atoms with Gasteiger partial charge in [0, 0.05) is 22.1 Å². The van der Waals surface area contributed by atoms with Crippen LogP contribution in [0.2, 0.25) is 5.02 Å². The van der Waals surface area contributed by atoms with Gasteiger partial charge in [-0.25, -0.2) is 13.6 Å². The third kappa shape index (κ3) is 6.36. The topological polar surface area (TPSA) is 89.3 Å². The molecule has 0 aliphatic carbocycles. The average molecular weight is 399 g/mol. The Kier molecular flexibility index (Phi) is 6.89. The Balaban J connectivity index is 1.82. The molecular formula is C17H19ClN2O3S2. The first-order valence-electron chi connectivity index (χ1n) is 7.56. The van der Waals surface area contributed by atoms with Crippen LogP contribution in [0.15, 0.2) is 58.3 Å². The summed E-state index contributed by atoms with van der Waals surface area (Å²) in [6.45, 7) is 1.84. The summed E-state index contributed by atoms with van der Waals surface area (Å²) in [6, 6.07) is 13.4. The number of halogens is 1. The van der Waals surface area contributed by atoms with E-state index in [-0.39, 0.29) is 16.8 Å². The molecule has 0 fully saturated rings. The van der Waals surface area contributed by atoms with E-state index in [0.717, 1.165) is 10.5 Å². The Labute approximate surface area is 157 Å². The van der Waals surface area contributed by atoms with Crippen LogP contribution in [0.1, 0.15) is 24.9 Å². The molecule has 1 amide bonds.